The molecule has 1 atom stereocenters. The molecule has 0 fully saturated rings. The molecule has 0 saturated heterocycles. The van der Waals surface area contributed by atoms with Crippen molar-refractivity contribution in [1.82, 2.24) is 4.57 Å². The maximum atomic E-state index is 11.7. The summed E-state index contributed by atoms with van der Waals surface area (Å²) in [5.41, 5.74) is 6.22. The highest BCUT2D eigenvalue weighted by Crippen LogP contribution is 2.05. The molecule has 5 nitrogen and oxygen atoms in total. The van der Waals surface area contributed by atoms with E-state index in [1.165, 1.54) is 10.6 Å². The Morgan fingerprint density at radius 2 is 2.11 bits per heavy atom. The summed E-state index contributed by atoms with van der Waals surface area (Å²) < 4.78 is 1.53. The second-order valence-corrected chi connectivity index (χ2v) is 3.93. The van der Waals surface area contributed by atoms with Crippen molar-refractivity contribution < 1.29 is 4.79 Å². The van der Waals surface area contributed by atoms with Crippen molar-refractivity contribution in [2.75, 3.05) is 5.32 Å². The van der Waals surface area contributed by atoms with Crippen LogP contribution in [-0.4, -0.2) is 16.5 Å². The first-order valence-electron chi connectivity index (χ1n) is 5.85. The molecular formula is C12H20ClN3O2. The fraction of sp³-hybridized carbons (Fsp3) is 0.500. The molecule has 0 aromatic carbocycles. The summed E-state index contributed by atoms with van der Waals surface area (Å²) in [5, 5.41) is 2.70. The van der Waals surface area contributed by atoms with Crippen LogP contribution < -0.4 is 16.6 Å². The molecule has 0 bridgehead atoms. The molecule has 102 valence electrons. The van der Waals surface area contributed by atoms with Gasteiger partial charge in [0.2, 0.25) is 5.91 Å². The van der Waals surface area contributed by atoms with E-state index in [4.69, 9.17) is 5.73 Å². The molecule has 1 aromatic heterocycles. The largest absolute Gasteiger partial charge is 0.323 e. The monoisotopic (exact) mass is 273 g/mol. The Morgan fingerprint density at radius 3 is 2.67 bits per heavy atom. The molecule has 0 radical (unpaired) electrons. The average Bonchev–Trinajstić information content (AvgIpc) is 2.31. The number of rotatable bonds is 5. The maximum Gasteiger partial charge on any atom is 0.250 e. The molecule has 3 N–H and O–H groups in total. The molecule has 0 aliphatic heterocycles. The number of hydrogen-bond donors (Lipinski definition) is 2. The summed E-state index contributed by atoms with van der Waals surface area (Å²) >= 11 is 0. The van der Waals surface area contributed by atoms with E-state index in [9.17, 15) is 9.59 Å². The lowest BCUT2D eigenvalue weighted by Crippen LogP contribution is -2.35. The minimum Gasteiger partial charge on any atom is -0.323 e. The number of anilines is 1. The predicted octanol–water partition coefficient (Wildman–Crippen LogP) is 1.36. The summed E-state index contributed by atoms with van der Waals surface area (Å²) in [5.74, 6) is -0.215. The van der Waals surface area contributed by atoms with Crippen molar-refractivity contribution in [2.24, 2.45) is 5.73 Å². The zero-order chi connectivity index (χ0) is 12.8. The number of carbonyl (C=O) groups is 1. The van der Waals surface area contributed by atoms with Gasteiger partial charge in [0.1, 0.15) is 0 Å². The van der Waals surface area contributed by atoms with E-state index in [0.717, 1.165) is 6.42 Å². The Labute approximate surface area is 113 Å². The van der Waals surface area contributed by atoms with Crippen LogP contribution in [0.4, 0.5) is 5.69 Å². The standard InChI is InChI=1S/C12H19N3O2.ClH/c1-3-5-10(13)12(17)14-9-6-7-11(16)15(4-2)8-9;/h6-8,10H,3-5,13H2,1-2H3,(H,14,17);1H. The van der Waals surface area contributed by atoms with Crippen LogP contribution >= 0.6 is 12.4 Å². The Kier molecular flexibility index (Phi) is 7.31. The van der Waals surface area contributed by atoms with Gasteiger partial charge in [-0.2, -0.15) is 0 Å². The van der Waals surface area contributed by atoms with Crippen molar-refractivity contribution in [3.63, 3.8) is 0 Å². The lowest BCUT2D eigenvalue weighted by Gasteiger charge is -2.12. The van der Waals surface area contributed by atoms with Crippen LogP contribution in [0.1, 0.15) is 26.7 Å². The van der Waals surface area contributed by atoms with Crippen LogP contribution in [0.3, 0.4) is 0 Å². The fourth-order valence-electron chi connectivity index (χ4n) is 1.53. The van der Waals surface area contributed by atoms with Gasteiger partial charge in [0.25, 0.3) is 5.56 Å². The van der Waals surface area contributed by atoms with E-state index in [-0.39, 0.29) is 23.9 Å². The first-order chi connectivity index (χ1) is 8.08. The second kappa shape index (κ2) is 7.89. The van der Waals surface area contributed by atoms with Gasteiger partial charge in [-0.3, -0.25) is 9.59 Å². The van der Waals surface area contributed by atoms with E-state index >= 15 is 0 Å². The van der Waals surface area contributed by atoms with Gasteiger partial charge < -0.3 is 15.6 Å². The lowest BCUT2D eigenvalue weighted by atomic mass is 10.1. The minimum atomic E-state index is -0.498. The molecule has 6 heteroatoms. The van der Waals surface area contributed by atoms with Crippen molar-refractivity contribution in [1.29, 1.82) is 0 Å². The highest BCUT2D eigenvalue weighted by Gasteiger charge is 2.12. The third-order valence-corrected chi connectivity index (χ3v) is 2.53. The molecular weight excluding hydrogens is 254 g/mol. The lowest BCUT2D eigenvalue weighted by molar-refractivity contribution is -0.117. The molecule has 0 saturated carbocycles. The highest BCUT2D eigenvalue weighted by molar-refractivity contribution is 5.94. The molecule has 1 heterocycles. The molecule has 0 aliphatic rings. The Hall–Kier alpha value is -1.33. The van der Waals surface area contributed by atoms with E-state index in [1.54, 1.807) is 12.3 Å². The van der Waals surface area contributed by atoms with E-state index in [1.807, 2.05) is 13.8 Å². The second-order valence-electron chi connectivity index (χ2n) is 3.93. The Bertz CT molecular complexity index is 445. The summed E-state index contributed by atoms with van der Waals surface area (Å²) in [7, 11) is 0. The Balaban J connectivity index is 0.00000289. The van der Waals surface area contributed by atoms with Crippen LogP contribution in [0.5, 0.6) is 0 Å². The first kappa shape index (κ1) is 16.7. The first-order valence-corrected chi connectivity index (χ1v) is 5.85. The number of nitrogens with one attached hydrogen (secondary N) is 1. The summed E-state index contributed by atoms with van der Waals surface area (Å²) in [6.45, 7) is 4.42. The molecule has 1 unspecified atom stereocenters. The molecule has 1 rings (SSSR count). The summed E-state index contributed by atoms with van der Waals surface area (Å²) in [4.78, 5) is 23.0. The summed E-state index contributed by atoms with van der Waals surface area (Å²) in [6.07, 6.45) is 3.14. The van der Waals surface area contributed by atoms with Crippen LogP contribution in [0.25, 0.3) is 0 Å². The van der Waals surface area contributed by atoms with Crippen molar-refractivity contribution in [3.8, 4) is 0 Å². The van der Waals surface area contributed by atoms with Gasteiger partial charge in [-0.25, -0.2) is 0 Å². The number of nitrogens with zero attached hydrogens (tertiary/aromatic N) is 1. The number of carbonyl (C=O) groups excluding carboxylic acids is 1. The zero-order valence-corrected chi connectivity index (χ0v) is 11.5. The normalized spacial score (nSPS) is 11.5. The fourth-order valence-corrected chi connectivity index (χ4v) is 1.53. The number of hydrogen-bond acceptors (Lipinski definition) is 3. The molecule has 18 heavy (non-hydrogen) atoms. The van der Waals surface area contributed by atoms with Gasteiger partial charge in [0.05, 0.1) is 11.7 Å². The number of nitrogens with two attached hydrogens (primary N) is 1. The predicted molar refractivity (Wildman–Crippen MR) is 75.1 cm³/mol. The van der Waals surface area contributed by atoms with Gasteiger partial charge in [0, 0.05) is 18.8 Å². The van der Waals surface area contributed by atoms with Gasteiger partial charge in [-0.1, -0.05) is 13.3 Å². The third-order valence-electron chi connectivity index (χ3n) is 2.53. The number of amides is 1. The average molecular weight is 274 g/mol. The van der Waals surface area contributed by atoms with Crippen molar-refractivity contribution >= 4 is 24.0 Å². The highest BCUT2D eigenvalue weighted by atomic mass is 35.5. The molecule has 0 aliphatic carbocycles. The van der Waals surface area contributed by atoms with Gasteiger partial charge in [-0.15, -0.1) is 12.4 Å². The van der Waals surface area contributed by atoms with Crippen molar-refractivity contribution in [3.05, 3.63) is 28.7 Å². The Morgan fingerprint density at radius 1 is 1.44 bits per heavy atom. The van der Waals surface area contributed by atoms with E-state index < -0.39 is 6.04 Å². The van der Waals surface area contributed by atoms with Crippen LogP contribution in [0, 0.1) is 0 Å². The van der Waals surface area contributed by atoms with E-state index in [0.29, 0.717) is 18.7 Å². The summed E-state index contributed by atoms with van der Waals surface area (Å²) in [6, 6.07) is 2.53. The number of aryl methyl sites for hydroxylation is 1. The van der Waals surface area contributed by atoms with Gasteiger partial charge in [-0.05, 0) is 19.4 Å². The number of pyridine rings is 1. The quantitative estimate of drug-likeness (QED) is 0.850. The zero-order valence-electron chi connectivity index (χ0n) is 10.7. The topological polar surface area (TPSA) is 77.1 Å². The smallest absolute Gasteiger partial charge is 0.250 e. The number of aromatic nitrogens is 1. The SMILES string of the molecule is CCCC(N)C(=O)Nc1ccc(=O)n(CC)c1.Cl. The van der Waals surface area contributed by atoms with Gasteiger partial charge in [0.15, 0.2) is 0 Å². The maximum absolute atomic E-state index is 11.7. The molecule has 1 amide bonds. The van der Waals surface area contributed by atoms with Crippen LogP contribution in [-0.2, 0) is 11.3 Å². The van der Waals surface area contributed by atoms with E-state index in [2.05, 4.69) is 5.32 Å². The molecule has 0 spiro atoms. The van der Waals surface area contributed by atoms with Gasteiger partial charge >= 0.3 is 0 Å². The number of halogens is 1. The third kappa shape index (κ3) is 4.50. The van der Waals surface area contributed by atoms with Crippen LogP contribution in [0.15, 0.2) is 23.1 Å². The van der Waals surface area contributed by atoms with Crippen LogP contribution in [0.2, 0.25) is 0 Å². The molecule has 1 aromatic rings. The van der Waals surface area contributed by atoms with Crippen molar-refractivity contribution in [2.45, 2.75) is 39.3 Å². The minimum absolute atomic E-state index is 0.